The summed E-state index contributed by atoms with van der Waals surface area (Å²) in [7, 11) is 1.54. The minimum atomic E-state index is -2.61. The molecule has 28 heavy (non-hydrogen) atoms. The van der Waals surface area contributed by atoms with Gasteiger partial charge in [-0.1, -0.05) is 25.5 Å². The van der Waals surface area contributed by atoms with E-state index in [0.29, 0.717) is 24.3 Å². The van der Waals surface area contributed by atoms with E-state index in [1.165, 1.54) is 6.20 Å². The van der Waals surface area contributed by atoms with Crippen molar-refractivity contribution in [3.05, 3.63) is 29.6 Å². The van der Waals surface area contributed by atoms with E-state index in [9.17, 15) is 18.7 Å². The summed E-state index contributed by atoms with van der Waals surface area (Å²) in [6, 6.07) is 1.70. The molecule has 1 aliphatic rings. The number of hydrogen-bond acceptors (Lipinski definition) is 4. The second kappa shape index (κ2) is 10.1. The molecule has 0 aliphatic heterocycles. The highest BCUT2D eigenvalue weighted by Crippen LogP contribution is 2.39. The van der Waals surface area contributed by atoms with Crippen molar-refractivity contribution in [1.82, 2.24) is 4.98 Å². The first kappa shape index (κ1) is 22.5. The molecule has 4 nitrogen and oxygen atoms in total. The van der Waals surface area contributed by atoms with Crippen molar-refractivity contribution >= 4 is 11.9 Å². The quantitative estimate of drug-likeness (QED) is 0.587. The summed E-state index contributed by atoms with van der Waals surface area (Å²) in [6.45, 7) is 2.92. The predicted molar refractivity (Wildman–Crippen MR) is 106 cm³/mol. The fourth-order valence-corrected chi connectivity index (χ4v) is 3.67. The second-order valence-corrected chi connectivity index (χ2v) is 7.82. The molecule has 1 unspecified atom stereocenters. The van der Waals surface area contributed by atoms with Crippen LogP contribution in [-0.2, 0) is 0 Å². The third-order valence-corrected chi connectivity index (χ3v) is 5.75. The Labute approximate surface area is 166 Å². The van der Waals surface area contributed by atoms with Crippen LogP contribution in [0.15, 0.2) is 18.3 Å². The molecule has 1 N–H and O–H groups in total. The van der Waals surface area contributed by atoms with Gasteiger partial charge in [0, 0.05) is 24.5 Å². The topological polar surface area (TPSA) is 59.4 Å². The molecule has 1 aromatic heterocycles. The highest BCUT2D eigenvalue weighted by molar-refractivity contribution is 5.95. The normalized spacial score (nSPS) is 21.6. The Hall–Kier alpha value is -1.82. The van der Waals surface area contributed by atoms with Gasteiger partial charge in [-0.25, -0.2) is 13.8 Å². The maximum Gasteiger partial charge on any atom is 0.248 e. The first-order valence-corrected chi connectivity index (χ1v) is 10.0. The molecule has 0 aromatic carbocycles. The molecule has 1 atom stereocenters. The number of alkyl halides is 2. The molecule has 1 aromatic rings. The molecule has 1 aliphatic carbocycles. The molecule has 0 bridgehead atoms. The lowest BCUT2D eigenvalue weighted by Gasteiger charge is -2.30. The van der Waals surface area contributed by atoms with Gasteiger partial charge in [0.2, 0.25) is 5.92 Å². The summed E-state index contributed by atoms with van der Waals surface area (Å²) in [6.07, 6.45) is 8.95. The highest BCUT2D eigenvalue weighted by atomic mass is 19.3. The van der Waals surface area contributed by atoms with Gasteiger partial charge < -0.3 is 9.84 Å². The molecule has 1 saturated carbocycles. The number of allylic oxidation sites excluding steroid dienone is 1. The van der Waals surface area contributed by atoms with Gasteiger partial charge in [-0.15, -0.1) is 0 Å². The van der Waals surface area contributed by atoms with Crippen LogP contribution in [0.4, 0.5) is 8.78 Å². The van der Waals surface area contributed by atoms with Crippen LogP contribution in [0, 0.1) is 17.8 Å². The Morgan fingerprint density at radius 2 is 2.07 bits per heavy atom. The third kappa shape index (κ3) is 6.09. The van der Waals surface area contributed by atoms with Crippen LogP contribution in [-0.4, -0.2) is 35.5 Å². The van der Waals surface area contributed by atoms with Crippen molar-refractivity contribution in [3.63, 3.8) is 0 Å². The van der Waals surface area contributed by atoms with Crippen molar-refractivity contribution in [2.75, 3.05) is 13.7 Å². The Morgan fingerprint density at radius 3 is 2.61 bits per heavy atom. The van der Waals surface area contributed by atoms with Crippen LogP contribution >= 0.6 is 0 Å². The number of aliphatic hydroxyl groups excluding tert-OH is 1. The number of carbonyl (C=O) groups excluding carboxylic acids is 1. The largest absolute Gasteiger partial charge is 0.495 e. The van der Waals surface area contributed by atoms with Gasteiger partial charge in [0.15, 0.2) is 5.78 Å². The summed E-state index contributed by atoms with van der Waals surface area (Å²) < 4.78 is 32.3. The minimum Gasteiger partial charge on any atom is -0.495 e. The van der Waals surface area contributed by atoms with Crippen LogP contribution in [0.25, 0.3) is 6.08 Å². The number of pyridine rings is 1. The lowest BCUT2D eigenvalue weighted by molar-refractivity contribution is -0.0558. The van der Waals surface area contributed by atoms with Crippen LogP contribution in [0.1, 0.15) is 68.4 Å². The number of aliphatic hydroxyl groups is 1. The fraction of sp³-hybridized carbons (Fsp3) is 0.636. The maximum atomic E-state index is 13.5. The van der Waals surface area contributed by atoms with Crippen LogP contribution in [0.2, 0.25) is 0 Å². The Morgan fingerprint density at radius 1 is 1.39 bits per heavy atom. The number of halogens is 2. The van der Waals surface area contributed by atoms with Crippen LogP contribution in [0.3, 0.4) is 0 Å². The average molecular weight is 395 g/mol. The average Bonchev–Trinajstić information content (AvgIpc) is 2.69. The standard InChI is InChI=1S/C22H31F2NO3/c1-4-15(14-26)11-20(27)19-12-17(21(28-3)13-25-19)8-5-16-6-9-18(10-7-16)22(2,23)24/h5,8,12-13,15-16,18,26H,4,6-7,9-11,14H2,1-3H3/b8-5+. The molecule has 0 spiro atoms. The molecule has 0 amide bonds. The van der Waals surface area contributed by atoms with Gasteiger partial charge in [-0.05, 0) is 50.5 Å². The molecule has 156 valence electrons. The number of rotatable bonds is 9. The number of ether oxygens (including phenoxy) is 1. The van der Waals surface area contributed by atoms with Crippen LogP contribution < -0.4 is 4.74 Å². The zero-order valence-corrected chi connectivity index (χ0v) is 17.0. The SMILES string of the molecule is CCC(CO)CC(=O)c1cc(/C=C/C2CCC(C(C)(F)F)CC2)c(OC)cn1. The van der Waals surface area contributed by atoms with Gasteiger partial charge in [0.05, 0.1) is 13.3 Å². The zero-order valence-electron chi connectivity index (χ0n) is 17.0. The van der Waals surface area contributed by atoms with E-state index in [4.69, 9.17) is 4.74 Å². The van der Waals surface area contributed by atoms with E-state index >= 15 is 0 Å². The Balaban J connectivity index is 2.08. The molecule has 6 heteroatoms. The van der Waals surface area contributed by atoms with E-state index in [1.807, 2.05) is 19.1 Å². The number of ketones is 1. The van der Waals surface area contributed by atoms with Crippen molar-refractivity contribution in [2.45, 2.75) is 58.3 Å². The molecule has 0 radical (unpaired) electrons. The number of carbonyl (C=O) groups is 1. The number of methoxy groups -OCH3 is 1. The summed E-state index contributed by atoms with van der Waals surface area (Å²) in [5, 5.41) is 9.31. The fourth-order valence-electron chi connectivity index (χ4n) is 3.67. The third-order valence-electron chi connectivity index (χ3n) is 5.75. The van der Waals surface area contributed by atoms with Gasteiger partial charge in [0.1, 0.15) is 11.4 Å². The van der Waals surface area contributed by atoms with Crippen LogP contribution in [0.5, 0.6) is 5.75 Å². The smallest absolute Gasteiger partial charge is 0.248 e. The van der Waals surface area contributed by atoms with Crippen molar-refractivity contribution in [1.29, 1.82) is 0 Å². The number of hydrogen-bond donors (Lipinski definition) is 1. The van der Waals surface area contributed by atoms with E-state index in [0.717, 1.165) is 31.7 Å². The molecule has 1 heterocycles. The predicted octanol–water partition coefficient (Wildman–Crippen LogP) is 5.16. The molecular weight excluding hydrogens is 364 g/mol. The van der Waals surface area contributed by atoms with Crippen molar-refractivity contribution in [3.8, 4) is 5.75 Å². The number of aromatic nitrogens is 1. The van der Waals surface area contributed by atoms with Crippen molar-refractivity contribution < 1.29 is 23.4 Å². The molecule has 1 fully saturated rings. The monoisotopic (exact) mass is 395 g/mol. The summed E-state index contributed by atoms with van der Waals surface area (Å²) in [5.41, 5.74) is 1.10. The lowest BCUT2D eigenvalue weighted by atomic mass is 9.79. The summed E-state index contributed by atoms with van der Waals surface area (Å²) >= 11 is 0. The molecule has 2 rings (SSSR count). The number of Topliss-reactive ketones (excluding diaryl/α,β-unsaturated/α-hetero) is 1. The lowest BCUT2D eigenvalue weighted by Crippen LogP contribution is -2.28. The van der Waals surface area contributed by atoms with Crippen molar-refractivity contribution in [2.24, 2.45) is 17.8 Å². The highest BCUT2D eigenvalue weighted by Gasteiger charge is 2.36. The summed E-state index contributed by atoms with van der Waals surface area (Å²) in [4.78, 5) is 16.6. The van der Waals surface area contributed by atoms with E-state index in [-0.39, 0.29) is 30.6 Å². The van der Waals surface area contributed by atoms with Gasteiger partial charge in [-0.3, -0.25) is 4.79 Å². The second-order valence-electron chi connectivity index (χ2n) is 7.82. The first-order valence-electron chi connectivity index (χ1n) is 10.0. The van der Waals surface area contributed by atoms with E-state index in [2.05, 4.69) is 4.98 Å². The maximum absolute atomic E-state index is 13.5. The molecule has 0 saturated heterocycles. The first-order chi connectivity index (χ1) is 13.3. The van der Waals surface area contributed by atoms with Gasteiger partial charge >= 0.3 is 0 Å². The Kier molecular flexibility index (Phi) is 8.10. The summed E-state index contributed by atoms with van der Waals surface area (Å²) in [5.74, 6) is -2.50. The zero-order chi connectivity index (χ0) is 20.7. The minimum absolute atomic E-state index is 0.0232. The molecular formula is C22H31F2NO3. The van der Waals surface area contributed by atoms with Gasteiger partial charge in [0.25, 0.3) is 0 Å². The van der Waals surface area contributed by atoms with E-state index in [1.54, 1.807) is 13.2 Å². The number of nitrogens with zero attached hydrogens (tertiary/aromatic N) is 1. The van der Waals surface area contributed by atoms with Gasteiger partial charge in [-0.2, -0.15) is 0 Å². The van der Waals surface area contributed by atoms with E-state index < -0.39 is 11.8 Å². The Bertz CT molecular complexity index is 673.